The van der Waals surface area contributed by atoms with Crippen LogP contribution in [-0.4, -0.2) is 29.7 Å². The molecule has 7 heteroatoms. The summed E-state index contributed by atoms with van der Waals surface area (Å²) in [5, 5.41) is 2.75. The van der Waals surface area contributed by atoms with Crippen LogP contribution in [0, 0.1) is 0 Å². The van der Waals surface area contributed by atoms with Gasteiger partial charge < -0.3 is 14.5 Å². The monoisotopic (exact) mass is 376 g/mol. The summed E-state index contributed by atoms with van der Waals surface area (Å²) in [6.07, 6.45) is 1.48. The third kappa shape index (κ3) is 3.14. The highest BCUT2D eigenvalue weighted by atomic mass is 16.5. The summed E-state index contributed by atoms with van der Waals surface area (Å²) in [6, 6.07) is 14.8. The van der Waals surface area contributed by atoms with Crippen molar-refractivity contribution in [2.45, 2.75) is 6.54 Å². The van der Waals surface area contributed by atoms with Crippen LogP contribution in [0.3, 0.4) is 0 Å². The maximum absolute atomic E-state index is 12.7. The van der Waals surface area contributed by atoms with Crippen LogP contribution in [-0.2, 0) is 6.54 Å². The normalized spacial score (nSPS) is 12.8. The fourth-order valence-corrected chi connectivity index (χ4v) is 3.04. The van der Waals surface area contributed by atoms with Gasteiger partial charge in [0.25, 0.3) is 17.7 Å². The maximum Gasteiger partial charge on any atom is 0.261 e. The van der Waals surface area contributed by atoms with Gasteiger partial charge in [0, 0.05) is 17.3 Å². The number of rotatable bonds is 5. The molecule has 2 aromatic carbocycles. The largest absolute Gasteiger partial charge is 0.497 e. The van der Waals surface area contributed by atoms with Crippen LogP contribution in [0.5, 0.6) is 5.75 Å². The number of anilines is 1. The van der Waals surface area contributed by atoms with Crippen LogP contribution in [0.15, 0.2) is 65.3 Å². The first-order valence-electron chi connectivity index (χ1n) is 8.55. The van der Waals surface area contributed by atoms with E-state index in [2.05, 4.69) is 5.32 Å². The van der Waals surface area contributed by atoms with Crippen LogP contribution >= 0.6 is 0 Å². The minimum absolute atomic E-state index is 0.0463. The molecule has 28 heavy (non-hydrogen) atoms. The average Bonchev–Trinajstić information content (AvgIpc) is 3.31. The number of imide groups is 1. The minimum atomic E-state index is -0.451. The Kier molecular flexibility index (Phi) is 4.41. The number of nitrogens with zero attached hydrogens (tertiary/aromatic N) is 1. The first-order chi connectivity index (χ1) is 13.6. The fraction of sp³-hybridized carbons (Fsp3) is 0.0952. The van der Waals surface area contributed by atoms with Crippen LogP contribution < -0.4 is 10.1 Å². The number of methoxy groups -OCH3 is 1. The van der Waals surface area contributed by atoms with Crippen molar-refractivity contribution in [3.8, 4) is 5.75 Å². The van der Waals surface area contributed by atoms with Crippen molar-refractivity contribution in [2.24, 2.45) is 0 Å². The third-order valence-electron chi connectivity index (χ3n) is 4.45. The molecule has 0 bridgehead atoms. The van der Waals surface area contributed by atoms with Gasteiger partial charge >= 0.3 is 0 Å². The molecule has 140 valence electrons. The molecular formula is C21H16N2O5. The summed E-state index contributed by atoms with van der Waals surface area (Å²) < 4.78 is 10.4. The zero-order valence-electron chi connectivity index (χ0n) is 15.0. The number of ether oxygens (including phenoxy) is 1. The lowest BCUT2D eigenvalue weighted by atomic mass is 10.1. The van der Waals surface area contributed by atoms with Crippen molar-refractivity contribution in [1.82, 2.24) is 4.90 Å². The highest BCUT2D eigenvalue weighted by molar-refractivity contribution is 6.22. The van der Waals surface area contributed by atoms with Crippen LogP contribution in [0.2, 0.25) is 0 Å². The van der Waals surface area contributed by atoms with Crippen LogP contribution in [0.1, 0.15) is 36.8 Å². The van der Waals surface area contributed by atoms with E-state index in [-0.39, 0.29) is 29.1 Å². The number of hydrogen-bond acceptors (Lipinski definition) is 5. The summed E-state index contributed by atoms with van der Waals surface area (Å²) in [6.45, 7) is 0.0463. The Morgan fingerprint density at radius 2 is 1.86 bits per heavy atom. The molecule has 1 aliphatic heterocycles. The van der Waals surface area contributed by atoms with Crippen molar-refractivity contribution in [2.75, 3.05) is 12.4 Å². The quantitative estimate of drug-likeness (QED) is 0.690. The molecule has 1 N–H and O–H groups in total. The summed E-state index contributed by atoms with van der Waals surface area (Å²) >= 11 is 0. The van der Waals surface area contributed by atoms with E-state index in [1.54, 1.807) is 43.5 Å². The molecule has 0 aliphatic carbocycles. The van der Waals surface area contributed by atoms with Gasteiger partial charge in [-0.15, -0.1) is 0 Å². The Morgan fingerprint density at radius 1 is 1.04 bits per heavy atom. The lowest BCUT2D eigenvalue weighted by molar-refractivity contribution is 0.0631. The lowest BCUT2D eigenvalue weighted by Gasteiger charge is -2.11. The molecule has 0 unspecified atom stereocenters. The van der Waals surface area contributed by atoms with Gasteiger partial charge in [-0.25, -0.2) is 0 Å². The summed E-state index contributed by atoms with van der Waals surface area (Å²) in [4.78, 5) is 38.9. The second kappa shape index (κ2) is 7.03. The molecule has 0 fully saturated rings. The molecule has 7 nitrogen and oxygen atoms in total. The number of amides is 3. The van der Waals surface area contributed by atoms with Crippen molar-refractivity contribution in [1.29, 1.82) is 0 Å². The van der Waals surface area contributed by atoms with Gasteiger partial charge in [0.1, 0.15) is 11.5 Å². The predicted octanol–water partition coefficient (Wildman–Crippen LogP) is 3.34. The number of benzene rings is 2. The number of carbonyl (C=O) groups excluding carboxylic acids is 3. The maximum atomic E-state index is 12.7. The molecule has 1 aliphatic rings. The Morgan fingerprint density at radius 3 is 2.61 bits per heavy atom. The van der Waals surface area contributed by atoms with E-state index < -0.39 is 11.8 Å². The molecule has 1 aromatic heterocycles. The molecule has 3 aromatic rings. The van der Waals surface area contributed by atoms with Crippen molar-refractivity contribution in [3.63, 3.8) is 0 Å². The molecule has 0 atom stereocenters. The lowest BCUT2D eigenvalue weighted by Crippen LogP contribution is -2.28. The number of hydrogen-bond donors (Lipinski definition) is 1. The Labute approximate surface area is 160 Å². The average molecular weight is 376 g/mol. The van der Waals surface area contributed by atoms with Gasteiger partial charge in [-0.3, -0.25) is 19.3 Å². The van der Waals surface area contributed by atoms with Gasteiger partial charge in [0.05, 0.1) is 31.0 Å². The van der Waals surface area contributed by atoms with E-state index in [1.807, 2.05) is 0 Å². The molecule has 0 saturated heterocycles. The molecule has 3 amide bonds. The van der Waals surface area contributed by atoms with Crippen LogP contribution in [0.25, 0.3) is 0 Å². The molecular weight excluding hydrogens is 360 g/mol. The topological polar surface area (TPSA) is 88.8 Å². The van der Waals surface area contributed by atoms with Crippen molar-refractivity contribution >= 4 is 23.4 Å². The third-order valence-corrected chi connectivity index (χ3v) is 4.45. The predicted molar refractivity (Wildman–Crippen MR) is 100 cm³/mol. The highest BCUT2D eigenvalue weighted by Crippen LogP contribution is 2.26. The second-order valence-electron chi connectivity index (χ2n) is 6.22. The van der Waals surface area contributed by atoms with E-state index in [0.717, 1.165) is 4.90 Å². The van der Waals surface area contributed by atoms with E-state index in [1.165, 1.54) is 24.5 Å². The number of carbonyl (C=O) groups is 3. The summed E-state index contributed by atoms with van der Waals surface area (Å²) in [5.74, 6) is -0.129. The molecule has 0 spiro atoms. The Balaban J connectivity index is 1.56. The van der Waals surface area contributed by atoms with Crippen molar-refractivity contribution in [3.05, 3.63) is 83.3 Å². The summed E-state index contributed by atoms with van der Waals surface area (Å²) in [5.41, 5.74) is 1.32. The number of nitrogens with one attached hydrogen (secondary N) is 1. The standard InChI is InChI=1S/C21H16N2O5/c1-27-15-5-2-4-14(11-15)22-19(24)13-7-8-17-18(10-13)21(26)23(20(17)25)12-16-6-3-9-28-16/h2-11H,12H2,1H3,(H,22,24). The first-order valence-corrected chi connectivity index (χ1v) is 8.55. The molecule has 0 radical (unpaired) electrons. The van der Waals surface area contributed by atoms with Crippen molar-refractivity contribution < 1.29 is 23.5 Å². The number of furan rings is 1. The SMILES string of the molecule is COc1cccc(NC(=O)c2ccc3c(c2)C(=O)N(Cc2ccco2)C3=O)c1. The summed E-state index contributed by atoms with van der Waals surface area (Å²) in [7, 11) is 1.54. The highest BCUT2D eigenvalue weighted by Gasteiger charge is 2.36. The Hall–Kier alpha value is -3.87. The van der Waals surface area contributed by atoms with Gasteiger partial charge in [-0.1, -0.05) is 6.07 Å². The van der Waals surface area contributed by atoms with E-state index >= 15 is 0 Å². The first kappa shape index (κ1) is 17.5. The van der Waals surface area contributed by atoms with Gasteiger partial charge in [0.15, 0.2) is 0 Å². The zero-order chi connectivity index (χ0) is 19.7. The Bertz CT molecular complexity index is 1070. The van der Waals surface area contributed by atoms with Gasteiger partial charge in [-0.2, -0.15) is 0 Å². The minimum Gasteiger partial charge on any atom is -0.497 e. The van der Waals surface area contributed by atoms with E-state index in [9.17, 15) is 14.4 Å². The van der Waals surface area contributed by atoms with Crippen LogP contribution in [0.4, 0.5) is 5.69 Å². The number of fused-ring (bicyclic) bond motifs is 1. The van der Waals surface area contributed by atoms with Gasteiger partial charge in [0.2, 0.25) is 0 Å². The molecule has 4 rings (SSSR count). The van der Waals surface area contributed by atoms with E-state index in [4.69, 9.17) is 9.15 Å². The smallest absolute Gasteiger partial charge is 0.261 e. The molecule has 2 heterocycles. The van der Waals surface area contributed by atoms with Gasteiger partial charge in [-0.05, 0) is 42.5 Å². The fourth-order valence-electron chi connectivity index (χ4n) is 3.04. The zero-order valence-corrected chi connectivity index (χ0v) is 15.0. The van der Waals surface area contributed by atoms with E-state index in [0.29, 0.717) is 17.2 Å². The second-order valence-corrected chi connectivity index (χ2v) is 6.22. The molecule has 0 saturated carbocycles.